The number of aromatic nitrogens is 2. The molecule has 3 heteroatoms. The van der Waals surface area contributed by atoms with Crippen LogP contribution in [0.3, 0.4) is 0 Å². The molecule has 100 valence electrons. The van der Waals surface area contributed by atoms with Gasteiger partial charge in [0.25, 0.3) is 0 Å². The van der Waals surface area contributed by atoms with Crippen molar-refractivity contribution in [3.63, 3.8) is 0 Å². The standard InChI is InChI=1S/C15H25N3/c1-3-11(2)18-5-4-14(17-18)9-15(10-16)7-12-6-13(12)8-15/h4-5,11-13H,3,6-10,16H2,1-2H3. The Morgan fingerprint density at radius 1 is 1.50 bits per heavy atom. The Labute approximate surface area is 110 Å². The van der Waals surface area contributed by atoms with Crippen LogP contribution in [0.1, 0.15) is 51.3 Å². The van der Waals surface area contributed by atoms with Crippen LogP contribution in [0.4, 0.5) is 0 Å². The van der Waals surface area contributed by atoms with Gasteiger partial charge >= 0.3 is 0 Å². The molecule has 0 amide bonds. The van der Waals surface area contributed by atoms with Crippen molar-refractivity contribution < 1.29 is 0 Å². The highest BCUT2D eigenvalue weighted by atomic mass is 15.3. The fourth-order valence-electron chi connectivity index (χ4n) is 3.68. The van der Waals surface area contributed by atoms with Crippen LogP contribution in [0, 0.1) is 17.3 Å². The van der Waals surface area contributed by atoms with E-state index >= 15 is 0 Å². The lowest BCUT2D eigenvalue weighted by Gasteiger charge is -2.28. The molecule has 0 saturated heterocycles. The highest BCUT2D eigenvalue weighted by Gasteiger charge is 2.53. The van der Waals surface area contributed by atoms with Crippen LogP contribution < -0.4 is 5.73 Å². The molecule has 2 aliphatic carbocycles. The maximum Gasteiger partial charge on any atom is 0.0630 e. The van der Waals surface area contributed by atoms with Crippen LogP contribution in [0.15, 0.2) is 12.3 Å². The van der Waals surface area contributed by atoms with E-state index in [1.165, 1.54) is 25.0 Å². The minimum Gasteiger partial charge on any atom is -0.330 e. The smallest absolute Gasteiger partial charge is 0.0630 e. The molecule has 0 aliphatic heterocycles. The molecule has 0 aromatic carbocycles. The van der Waals surface area contributed by atoms with Gasteiger partial charge in [-0.2, -0.15) is 5.10 Å². The van der Waals surface area contributed by atoms with Crippen LogP contribution in [0.25, 0.3) is 0 Å². The van der Waals surface area contributed by atoms with Crippen LogP contribution in [0.5, 0.6) is 0 Å². The van der Waals surface area contributed by atoms with E-state index in [1.807, 2.05) is 0 Å². The van der Waals surface area contributed by atoms with E-state index in [2.05, 4.69) is 30.8 Å². The Bertz CT molecular complexity index is 413. The second-order valence-electron chi connectivity index (χ2n) is 6.59. The first-order chi connectivity index (χ1) is 8.65. The molecule has 2 fully saturated rings. The zero-order chi connectivity index (χ0) is 12.8. The van der Waals surface area contributed by atoms with E-state index in [9.17, 15) is 0 Å². The van der Waals surface area contributed by atoms with E-state index in [0.29, 0.717) is 11.5 Å². The maximum absolute atomic E-state index is 6.06. The molecule has 3 nitrogen and oxygen atoms in total. The second-order valence-corrected chi connectivity index (χ2v) is 6.59. The van der Waals surface area contributed by atoms with Gasteiger partial charge in [0, 0.05) is 12.2 Å². The van der Waals surface area contributed by atoms with Gasteiger partial charge in [0.05, 0.1) is 5.69 Å². The normalized spacial score (nSPS) is 35.5. The minimum absolute atomic E-state index is 0.363. The third-order valence-corrected chi connectivity index (χ3v) is 5.15. The molecular weight excluding hydrogens is 222 g/mol. The summed E-state index contributed by atoms with van der Waals surface area (Å²) in [6.07, 6.45) is 8.48. The summed E-state index contributed by atoms with van der Waals surface area (Å²) in [5.41, 5.74) is 7.66. The van der Waals surface area contributed by atoms with E-state index in [-0.39, 0.29) is 0 Å². The van der Waals surface area contributed by atoms with Crippen molar-refractivity contribution in [3.8, 4) is 0 Å². The average molecular weight is 247 g/mol. The van der Waals surface area contributed by atoms with Crippen LogP contribution in [0.2, 0.25) is 0 Å². The number of nitrogens with two attached hydrogens (primary N) is 1. The van der Waals surface area contributed by atoms with Crippen molar-refractivity contribution in [1.82, 2.24) is 9.78 Å². The van der Waals surface area contributed by atoms with E-state index < -0.39 is 0 Å². The Kier molecular flexibility index (Phi) is 2.97. The third-order valence-electron chi connectivity index (χ3n) is 5.15. The predicted octanol–water partition coefficient (Wildman–Crippen LogP) is 2.77. The Hall–Kier alpha value is -0.830. The highest BCUT2D eigenvalue weighted by molar-refractivity contribution is 5.11. The van der Waals surface area contributed by atoms with Crippen molar-refractivity contribution in [2.75, 3.05) is 6.54 Å². The highest BCUT2D eigenvalue weighted by Crippen LogP contribution is 2.60. The summed E-state index contributed by atoms with van der Waals surface area (Å²) in [7, 11) is 0. The first-order valence-electron chi connectivity index (χ1n) is 7.40. The minimum atomic E-state index is 0.363. The summed E-state index contributed by atoms with van der Waals surface area (Å²) in [5, 5.41) is 4.74. The summed E-state index contributed by atoms with van der Waals surface area (Å²) in [4.78, 5) is 0. The summed E-state index contributed by atoms with van der Waals surface area (Å²) in [6, 6.07) is 2.69. The number of hydrogen-bond donors (Lipinski definition) is 1. The van der Waals surface area contributed by atoms with Gasteiger partial charge in [-0.15, -0.1) is 0 Å². The zero-order valence-electron chi connectivity index (χ0n) is 11.6. The quantitative estimate of drug-likeness (QED) is 0.869. The van der Waals surface area contributed by atoms with E-state index in [0.717, 1.165) is 31.2 Å². The lowest BCUT2D eigenvalue weighted by molar-refractivity contribution is 0.269. The molecular formula is C15H25N3. The van der Waals surface area contributed by atoms with E-state index in [4.69, 9.17) is 10.8 Å². The molecule has 1 aromatic rings. The van der Waals surface area contributed by atoms with Crippen LogP contribution >= 0.6 is 0 Å². The molecule has 18 heavy (non-hydrogen) atoms. The van der Waals surface area contributed by atoms with Gasteiger partial charge in [-0.05, 0) is 68.9 Å². The first kappa shape index (κ1) is 12.2. The number of fused-ring (bicyclic) bond motifs is 1. The zero-order valence-corrected chi connectivity index (χ0v) is 11.6. The average Bonchev–Trinajstić information content (AvgIpc) is 2.81. The lowest BCUT2D eigenvalue weighted by atomic mass is 9.79. The molecule has 2 saturated carbocycles. The summed E-state index contributed by atoms with van der Waals surface area (Å²) < 4.78 is 2.11. The summed E-state index contributed by atoms with van der Waals surface area (Å²) in [5.74, 6) is 1.98. The monoisotopic (exact) mass is 247 g/mol. The van der Waals surface area contributed by atoms with Crippen LogP contribution in [-0.4, -0.2) is 16.3 Å². The number of hydrogen-bond acceptors (Lipinski definition) is 2. The fraction of sp³-hybridized carbons (Fsp3) is 0.800. The summed E-state index contributed by atoms with van der Waals surface area (Å²) >= 11 is 0. The second kappa shape index (κ2) is 4.37. The molecule has 1 aromatic heterocycles. The van der Waals surface area contributed by atoms with Crippen LogP contribution in [-0.2, 0) is 6.42 Å². The lowest BCUT2D eigenvalue weighted by Crippen LogP contribution is -2.31. The van der Waals surface area contributed by atoms with Crippen molar-refractivity contribution >= 4 is 0 Å². The van der Waals surface area contributed by atoms with E-state index in [1.54, 1.807) is 0 Å². The molecule has 0 spiro atoms. The first-order valence-corrected chi connectivity index (χ1v) is 7.40. The Morgan fingerprint density at radius 2 is 2.22 bits per heavy atom. The van der Waals surface area contributed by atoms with Gasteiger partial charge in [-0.3, -0.25) is 4.68 Å². The third kappa shape index (κ3) is 2.09. The molecule has 3 unspecified atom stereocenters. The number of rotatable bonds is 5. The maximum atomic E-state index is 6.06. The van der Waals surface area contributed by atoms with Gasteiger partial charge < -0.3 is 5.73 Å². The van der Waals surface area contributed by atoms with Crippen molar-refractivity contribution in [2.45, 2.75) is 52.0 Å². The molecule has 3 rings (SSSR count). The Morgan fingerprint density at radius 3 is 2.83 bits per heavy atom. The molecule has 2 aliphatic rings. The SMILES string of the molecule is CCC(C)n1ccc(CC2(CN)CC3CC3C2)n1. The molecule has 3 atom stereocenters. The largest absolute Gasteiger partial charge is 0.330 e. The topological polar surface area (TPSA) is 43.8 Å². The summed E-state index contributed by atoms with van der Waals surface area (Å²) in [6.45, 7) is 5.26. The van der Waals surface area contributed by atoms with Gasteiger partial charge in [0.15, 0.2) is 0 Å². The van der Waals surface area contributed by atoms with Crippen molar-refractivity contribution in [3.05, 3.63) is 18.0 Å². The molecule has 1 heterocycles. The van der Waals surface area contributed by atoms with Gasteiger partial charge in [0.1, 0.15) is 0 Å². The van der Waals surface area contributed by atoms with Gasteiger partial charge in [0.2, 0.25) is 0 Å². The molecule has 0 radical (unpaired) electrons. The fourth-order valence-corrected chi connectivity index (χ4v) is 3.68. The Balaban J connectivity index is 1.69. The molecule has 0 bridgehead atoms. The van der Waals surface area contributed by atoms with Gasteiger partial charge in [-0.25, -0.2) is 0 Å². The van der Waals surface area contributed by atoms with Crippen molar-refractivity contribution in [2.24, 2.45) is 23.0 Å². The van der Waals surface area contributed by atoms with Gasteiger partial charge in [-0.1, -0.05) is 6.92 Å². The number of nitrogens with zero attached hydrogens (tertiary/aromatic N) is 2. The van der Waals surface area contributed by atoms with Crippen molar-refractivity contribution in [1.29, 1.82) is 0 Å². The predicted molar refractivity (Wildman–Crippen MR) is 73.3 cm³/mol. The molecule has 2 N–H and O–H groups in total.